The van der Waals surface area contributed by atoms with Crippen molar-refractivity contribution in [3.8, 4) is 0 Å². The Morgan fingerprint density at radius 2 is 1.73 bits per heavy atom. The second-order valence-corrected chi connectivity index (χ2v) is 6.61. The van der Waals surface area contributed by atoms with E-state index in [0.29, 0.717) is 10.8 Å². The van der Waals surface area contributed by atoms with E-state index >= 15 is 0 Å². The lowest BCUT2D eigenvalue weighted by molar-refractivity contribution is 0.183. The monoisotopic (exact) mass is 278 g/mol. The van der Waals surface area contributed by atoms with E-state index in [1.54, 1.807) is 6.07 Å². The van der Waals surface area contributed by atoms with Crippen LogP contribution in [0.5, 0.6) is 0 Å². The van der Waals surface area contributed by atoms with E-state index in [0.717, 1.165) is 14.1 Å². The molecule has 1 atom stereocenters. The zero-order chi connectivity index (χ0) is 10.8. The number of hydrogen-bond acceptors (Lipinski definition) is 3. The van der Waals surface area contributed by atoms with Crippen LogP contribution in [0.4, 0.5) is 0 Å². The minimum atomic E-state index is -0.489. The van der Waals surface area contributed by atoms with Crippen molar-refractivity contribution in [2.24, 2.45) is 0 Å². The first-order chi connectivity index (χ1) is 7.15. The number of halogens is 2. The van der Waals surface area contributed by atoms with Crippen molar-refractivity contribution in [3.05, 3.63) is 42.7 Å². The molecule has 15 heavy (non-hydrogen) atoms. The van der Waals surface area contributed by atoms with Gasteiger partial charge in [-0.05, 0) is 24.3 Å². The summed E-state index contributed by atoms with van der Waals surface area (Å²) in [5.41, 5.74) is 0. The summed E-state index contributed by atoms with van der Waals surface area (Å²) in [6.45, 7) is 0. The Bertz CT molecular complexity index is 450. The molecule has 0 saturated heterocycles. The zero-order valence-electron chi connectivity index (χ0n) is 7.61. The summed E-state index contributed by atoms with van der Waals surface area (Å²) in [5.74, 6) is 0. The van der Waals surface area contributed by atoms with Crippen molar-refractivity contribution in [1.29, 1.82) is 0 Å². The van der Waals surface area contributed by atoms with Gasteiger partial charge >= 0.3 is 0 Å². The molecule has 0 aliphatic heterocycles. The fraction of sp³-hybridized carbons (Fsp3) is 0.200. The SMILES string of the molecule is OC(Cc1ccc(Cl)s1)c1ccc(Cl)s1. The summed E-state index contributed by atoms with van der Waals surface area (Å²) in [6.07, 6.45) is 0.103. The fourth-order valence-corrected chi connectivity index (χ4v) is 3.43. The third-order valence-electron chi connectivity index (χ3n) is 1.95. The zero-order valence-corrected chi connectivity index (χ0v) is 10.8. The van der Waals surface area contributed by atoms with E-state index in [-0.39, 0.29) is 0 Å². The molecule has 1 N–H and O–H groups in total. The van der Waals surface area contributed by atoms with E-state index in [1.807, 2.05) is 18.2 Å². The molecule has 0 radical (unpaired) electrons. The Labute approximate surface area is 106 Å². The van der Waals surface area contributed by atoms with Crippen LogP contribution in [0, 0.1) is 0 Å². The van der Waals surface area contributed by atoms with Gasteiger partial charge in [-0.1, -0.05) is 23.2 Å². The van der Waals surface area contributed by atoms with Crippen LogP contribution < -0.4 is 0 Å². The van der Waals surface area contributed by atoms with E-state index in [1.165, 1.54) is 22.7 Å². The predicted octanol–water partition coefficient (Wildman–Crippen LogP) is 4.39. The molecule has 0 bridgehead atoms. The Morgan fingerprint density at radius 1 is 1.07 bits per heavy atom. The minimum Gasteiger partial charge on any atom is -0.387 e. The quantitative estimate of drug-likeness (QED) is 0.883. The van der Waals surface area contributed by atoms with Crippen molar-refractivity contribution in [2.45, 2.75) is 12.5 Å². The third-order valence-corrected chi connectivity index (χ3v) is 4.53. The van der Waals surface area contributed by atoms with Gasteiger partial charge in [0.2, 0.25) is 0 Å². The maximum absolute atomic E-state index is 9.91. The molecule has 0 fully saturated rings. The lowest BCUT2D eigenvalue weighted by Crippen LogP contribution is -1.97. The molecule has 1 unspecified atom stereocenters. The highest BCUT2D eigenvalue weighted by Gasteiger charge is 2.12. The molecule has 0 saturated carbocycles. The first-order valence-corrected chi connectivity index (χ1v) is 6.71. The molecular formula is C10H8Cl2OS2. The van der Waals surface area contributed by atoms with Gasteiger partial charge in [-0.2, -0.15) is 0 Å². The Kier molecular flexibility index (Phi) is 3.69. The summed E-state index contributed by atoms with van der Waals surface area (Å²) in [4.78, 5) is 1.97. The van der Waals surface area contributed by atoms with Crippen molar-refractivity contribution in [3.63, 3.8) is 0 Å². The largest absolute Gasteiger partial charge is 0.387 e. The van der Waals surface area contributed by atoms with Crippen LogP contribution in [0.1, 0.15) is 15.9 Å². The van der Waals surface area contributed by atoms with Crippen LogP contribution in [-0.2, 0) is 6.42 Å². The first kappa shape index (κ1) is 11.4. The summed E-state index contributed by atoms with van der Waals surface area (Å²) < 4.78 is 1.45. The standard InChI is InChI=1S/C10H8Cl2OS2/c11-9-3-1-6(14-9)5-7(13)8-2-4-10(12)15-8/h1-4,7,13H,5H2. The molecular weight excluding hydrogens is 271 g/mol. The van der Waals surface area contributed by atoms with Gasteiger partial charge in [0.15, 0.2) is 0 Å². The molecule has 2 rings (SSSR count). The molecule has 2 heterocycles. The molecule has 0 aromatic carbocycles. The molecule has 0 spiro atoms. The lowest BCUT2D eigenvalue weighted by Gasteiger charge is -2.05. The van der Waals surface area contributed by atoms with Gasteiger partial charge < -0.3 is 5.11 Å². The van der Waals surface area contributed by atoms with Crippen LogP contribution in [0.2, 0.25) is 8.67 Å². The molecule has 0 aliphatic carbocycles. The second-order valence-electron chi connectivity index (χ2n) is 3.07. The molecule has 5 heteroatoms. The maximum Gasteiger partial charge on any atom is 0.0932 e. The van der Waals surface area contributed by atoms with Gasteiger partial charge in [0.25, 0.3) is 0 Å². The van der Waals surface area contributed by atoms with Gasteiger partial charge in [-0.3, -0.25) is 0 Å². The van der Waals surface area contributed by atoms with E-state index in [4.69, 9.17) is 23.2 Å². The van der Waals surface area contributed by atoms with Gasteiger partial charge in [0.1, 0.15) is 0 Å². The molecule has 0 amide bonds. The number of aliphatic hydroxyl groups excluding tert-OH is 1. The van der Waals surface area contributed by atoms with Crippen LogP contribution >= 0.6 is 45.9 Å². The summed E-state index contributed by atoms with van der Waals surface area (Å²) in [5, 5.41) is 9.91. The van der Waals surface area contributed by atoms with Crippen LogP contribution in [-0.4, -0.2) is 5.11 Å². The Balaban J connectivity index is 2.06. The highest BCUT2D eigenvalue weighted by Crippen LogP contribution is 2.31. The van der Waals surface area contributed by atoms with Crippen molar-refractivity contribution < 1.29 is 5.11 Å². The van der Waals surface area contributed by atoms with E-state index in [9.17, 15) is 5.11 Å². The Morgan fingerprint density at radius 3 is 2.27 bits per heavy atom. The fourth-order valence-electron chi connectivity index (χ4n) is 1.26. The number of rotatable bonds is 3. The highest BCUT2D eigenvalue weighted by molar-refractivity contribution is 7.16. The van der Waals surface area contributed by atoms with E-state index < -0.39 is 6.10 Å². The molecule has 1 nitrogen and oxygen atoms in total. The third kappa shape index (κ3) is 2.95. The molecule has 0 aliphatic rings. The number of aliphatic hydroxyl groups is 1. The normalized spacial score (nSPS) is 13.0. The van der Waals surface area contributed by atoms with Crippen molar-refractivity contribution in [1.82, 2.24) is 0 Å². The predicted molar refractivity (Wildman–Crippen MR) is 67.3 cm³/mol. The molecule has 2 aromatic rings. The van der Waals surface area contributed by atoms with Crippen LogP contribution in [0.3, 0.4) is 0 Å². The maximum atomic E-state index is 9.91. The van der Waals surface area contributed by atoms with E-state index in [2.05, 4.69) is 0 Å². The summed E-state index contributed by atoms with van der Waals surface area (Å²) >= 11 is 14.5. The van der Waals surface area contributed by atoms with Gasteiger partial charge in [-0.25, -0.2) is 0 Å². The lowest BCUT2D eigenvalue weighted by atomic mass is 10.2. The van der Waals surface area contributed by atoms with Gasteiger partial charge in [0.05, 0.1) is 14.8 Å². The summed E-state index contributed by atoms with van der Waals surface area (Å²) in [7, 11) is 0. The molecule has 80 valence electrons. The smallest absolute Gasteiger partial charge is 0.0932 e. The van der Waals surface area contributed by atoms with Crippen LogP contribution in [0.15, 0.2) is 24.3 Å². The number of hydrogen-bond donors (Lipinski definition) is 1. The first-order valence-electron chi connectivity index (χ1n) is 4.32. The van der Waals surface area contributed by atoms with Gasteiger partial charge in [0, 0.05) is 16.2 Å². The summed E-state index contributed by atoms with van der Waals surface area (Å²) in [6, 6.07) is 7.43. The number of thiophene rings is 2. The average Bonchev–Trinajstić information content (AvgIpc) is 2.75. The topological polar surface area (TPSA) is 20.2 Å². The van der Waals surface area contributed by atoms with Gasteiger partial charge in [-0.15, -0.1) is 22.7 Å². The Hall–Kier alpha value is -0.0600. The van der Waals surface area contributed by atoms with Crippen molar-refractivity contribution >= 4 is 45.9 Å². The second kappa shape index (κ2) is 4.85. The minimum absolute atomic E-state index is 0.489. The molecule has 2 aromatic heterocycles. The van der Waals surface area contributed by atoms with Crippen LogP contribution in [0.25, 0.3) is 0 Å². The highest BCUT2D eigenvalue weighted by atomic mass is 35.5. The van der Waals surface area contributed by atoms with Crippen molar-refractivity contribution in [2.75, 3.05) is 0 Å². The average molecular weight is 279 g/mol.